The second-order valence-electron chi connectivity index (χ2n) is 4.90. The van der Waals surface area contributed by atoms with E-state index in [1.165, 1.54) is 12.1 Å². The summed E-state index contributed by atoms with van der Waals surface area (Å²) in [5, 5.41) is 2.58. The molecule has 132 valence electrons. The van der Waals surface area contributed by atoms with Crippen molar-refractivity contribution in [3.8, 4) is 5.75 Å². The predicted octanol–water partition coefficient (Wildman–Crippen LogP) is 3.90. The number of ether oxygens (including phenoxy) is 1. The van der Waals surface area contributed by atoms with Gasteiger partial charge in [-0.05, 0) is 31.5 Å². The lowest BCUT2D eigenvalue weighted by molar-refractivity contribution is -0.153. The molecule has 0 heterocycles. The minimum Gasteiger partial charge on any atom is -0.482 e. The van der Waals surface area contributed by atoms with Gasteiger partial charge in [-0.1, -0.05) is 25.0 Å². The van der Waals surface area contributed by atoms with Crippen molar-refractivity contribution in [2.45, 2.75) is 38.3 Å². The minimum absolute atomic E-state index is 0. The normalized spacial score (nSPS) is 10.8. The number of carbonyl (C=O) groups is 1. The van der Waals surface area contributed by atoms with Gasteiger partial charge >= 0.3 is 6.18 Å². The van der Waals surface area contributed by atoms with Crippen LogP contribution in [-0.2, 0) is 4.79 Å². The third-order valence-electron chi connectivity index (χ3n) is 2.91. The van der Waals surface area contributed by atoms with Gasteiger partial charge in [0.05, 0.1) is 5.69 Å². The summed E-state index contributed by atoms with van der Waals surface area (Å²) < 4.78 is 41.3. The van der Waals surface area contributed by atoms with E-state index in [1.807, 2.05) is 0 Å². The Morgan fingerprint density at radius 3 is 2.43 bits per heavy atom. The Balaban J connectivity index is 0.00000484. The van der Waals surface area contributed by atoms with Crippen molar-refractivity contribution in [2.75, 3.05) is 18.5 Å². The van der Waals surface area contributed by atoms with Gasteiger partial charge in [0.1, 0.15) is 5.75 Å². The van der Waals surface area contributed by atoms with Crippen LogP contribution in [0.4, 0.5) is 18.9 Å². The molecular weight excluding hydrogens is 333 g/mol. The van der Waals surface area contributed by atoms with Crippen LogP contribution in [-0.4, -0.2) is 25.2 Å². The first-order valence-corrected chi connectivity index (χ1v) is 7.21. The molecule has 0 bridgehead atoms. The summed E-state index contributed by atoms with van der Waals surface area (Å²) in [4.78, 5) is 11.8. The standard InChI is InChI=1S/C15H21F3N2O2.ClH/c16-15(17,18)11-22-13-8-5-4-7-12(13)20-14(21)9-3-1-2-6-10-19;/h4-5,7-8H,1-3,6,9-11,19H2,(H,20,21);1H. The van der Waals surface area contributed by atoms with Gasteiger partial charge in [0.15, 0.2) is 6.61 Å². The quantitative estimate of drug-likeness (QED) is 0.661. The number of para-hydroxylation sites is 2. The Morgan fingerprint density at radius 1 is 1.13 bits per heavy atom. The SMILES string of the molecule is Cl.NCCCCCCC(=O)Nc1ccccc1OCC(F)(F)F. The van der Waals surface area contributed by atoms with Crippen molar-refractivity contribution in [1.82, 2.24) is 0 Å². The molecule has 4 nitrogen and oxygen atoms in total. The first kappa shape index (κ1) is 21.5. The van der Waals surface area contributed by atoms with Gasteiger partial charge in [-0.15, -0.1) is 12.4 Å². The van der Waals surface area contributed by atoms with Gasteiger partial charge in [-0.2, -0.15) is 13.2 Å². The monoisotopic (exact) mass is 354 g/mol. The molecule has 1 aromatic carbocycles. The molecule has 0 aromatic heterocycles. The Morgan fingerprint density at radius 2 is 1.78 bits per heavy atom. The summed E-state index contributed by atoms with van der Waals surface area (Å²) in [5.41, 5.74) is 5.62. The fraction of sp³-hybridized carbons (Fsp3) is 0.533. The first-order chi connectivity index (χ1) is 10.4. The van der Waals surface area contributed by atoms with Crippen LogP contribution in [0.2, 0.25) is 0 Å². The van der Waals surface area contributed by atoms with E-state index in [-0.39, 0.29) is 29.8 Å². The van der Waals surface area contributed by atoms with E-state index in [0.717, 1.165) is 25.7 Å². The zero-order valence-corrected chi connectivity index (χ0v) is 13.5. The fourth-order valence-electron chi connectivity index (χ4n) is 1.85. The zero-order valence-electron chi connectivity index (χ0n) is 12.7. The molecule has 1 rings (SSSR count). The van der Waals surface area contributed by atoms with Gasteiger partial charge in [0, 0.05) is 6.42 Å². The van der Waals surface area contributed by atoms with Crippen LogP contribution >= 0.6 is 12.4 Å². The number of hydrogen-bond donors (Lipinski definition) is 2. The largest absolute Gasteiger partial charge is 0.482 e. The minimum atomic E-state index is -4.42. The smallest absolute Gasteiger partial charge is 0.422 e. The molecule has 8 heteroatoms. The lowest BCUT2D eigenvalue weighted by Crippen LogP contribution is -2.20. The number of carbonyl (C=O) groups excluding carboxylic acids is 1. The van der Waals surface area contributed by atoms with Gasteiger partial charge in [-0.25, -0.2) is 0 Å². The van der Waals surface area contributed by atoms with Crippen LogP contribution in [0.15, 0.2) is 24.3 Å². The summed E-state index contributed by atoms with van der Waals surface area (Å²) in [6.45, 7) is -0.755. The molecule has 0 unspecified atom stereocenters. The van der Waals surface area contributed by atoms with Gasteiger partial charge in [0.2, 0.25) is 5.91 Å². The Labute approximate surface area is 140 Å². The van der Waals surface area contributed by atoms with Crippen LogP contribution in [0.25, 0.3) is 0 Å². The molecule has 0 spiro atoms. The molecule has 23 heavy (non-hydrogen) atoms. The molecule has 0 fully saturated rings. The molecular formula is C15H22ClF3N2O2. The highest BCUT2D eigenvalue weighted by atomic mass is 35.5. The topological polar surface area (TPSA) is 64.4 Å². The van der Waals surface area contributed by atoms with E-state index in [1.54, 1.807) is 12.1 Å². The summed E-state index contributed by atoms with van der Waals surface area (Å²) in [7, 11) is 0. The second kappa shape index (κ2) is 11.1. The van der Waals surface area contributed by atoms with Crippen LogP contribution in [0.3, 0.4) is 0 Å². The Kier molecular flexibility index (Phi) is 10.4. The zero-order chi connectivity index (χ0) is 16.4. The Hall–Kier alpha value is -1.47. The maximum absolute atomic E-state index is 12.2. The number of amides is 1. The van der Waals surface area contributed by atoms with E-state index in [9.17, 15) is 18.0 Å². The third kappa shape index (κ3) is 10.0. The van der Waals surface area contributed by atoms with Crippen molar-refractivity contribution in [3.63, 3.8) is 0 Å². The summed E-state index contributed by atoms with van der Waals surface area (Å²) >= 11 is 0. The molecule has 3 N–H and O–H groups in total. The van der Waals surface area contributed by atoms with Gasteiger partial charge < -0.3 is 15.8 Å². The van der Waals surface area contributed by atoms with Crippen molar-refractivity contribution in [3.05, 3.63) is 24.3 Å². The molecule has 1 aromatic rings. The molecule has 0 atom stereocenters. The fourth-order valence-corrected chi connectivity index (χ4v) is 1.85. The highest BCUT2D eigenvalue weighted by Crippen LogP contribution is 2.26. The van der Waals surface area contributed by atoms with E-state index >= 15 is 0 Å². The summed E-state index contributed by atoms with van der Waals surface area (Å²) in [6, 6.07) is 6.08. The number of unbranched alkanes of at least 4 members (excludes halogenated alkanes) is 3. The highest BCUT2D eigenvalue weighted by molar-refractivity contribution is 5.92. The van der Waals surface area contributed by atoms with Crippen molar-refractivity contribution in [2.24, 2.45) is 5.73 Å². The number of benzene rings is 1. The van der Waals surface area contributed by atoms with Crippen LogP contribution < -0.4 is 15.8 Å². The van der Waals surface area contributed by atoms with E-state index in [0.29, 0.717) is 13.0 Å². The average Bonchev–Trinajstić information content (AvgIpc) is 2.45. The molecule has 0 aliphatic rings. The molecule has 0 saturated carbocycles. The van der Waals surface area contributed by atoms with E-state index in [4.69, 9.17) is 10.5 Å². The maximum Gasteiger partial charge on any atom is 0.422 e. The molecule has 0 aliphatic carbocycles. The predicted molar refractivity (Wildman–Crippen MR) is 86.0 cm³/mol. The first-order valence-electron chi connectivity index (χ1n) is 7.21. The van der Waals surface area contributed by atoms with Crippen molar-refractivity contribution in [1.29, 1.82) is 0 Å². The lowest BCUT2D eigenvalue weighted by Gasteiger charge is -2.13. The number of nitrogens with one attached hydrogen (secondary N) is 1. The number of hydrogen-bond acceptors (Lipinski definition) is 3. The van der Waals surface area contributed by atoms with E-state index < -0.39 is 12.8 Å². The third-order valence-corrected chi connectivity index (χ3v) is 2.91. The van der Waals surface area contributed by atoms with Gasteiger partial charge in [0.25, 0.3) is 0 Å². The van der Waals surface area contributed by atoms with Crippen LogP contribution in [0, 0.1) is 0 Å². The number of anilines is 1. The number of alkyl halides is 3. The van der Waals surface area contributed by atoms with Gasteiger partial charge in [-0.3, -0.25) is 4.79 Å². The number of nitrogens with two attached hydrogens (primary N) is 1. The van der Waals surface area contributed by atoms with Crippen LogP contribution in [0.1, 0.15) is 32.1 Å². The van der Waals surface area contributed by atoms with Crippen molar-refractivity contribution >= 4 is 24.0 Å². The molecule has 0 saturated heterocycles. The average molecular weight is 355 g/mol. The molecule has 1 amide bonds. The Bertz CT molecular complexity index is 470. The molecule has 0 radical (unpaired) electrons. The summed E-state index contributed by atoms with van der Waals surface area (Å²) in [6.07, 6.45) is -0.586. The lowest BCUT2D eigenvalue weighted by atomic mass is 10.1. The second-order valence-corrected chi connectivity index (χ2v) is 4.90. The maximum atomic E-state index is 12.2. The van der Waals surface area contributed by atoms with E-state index in [2.05, 4.69) is 5.32 Å². The number of rotatable bonds is 9. The van der Waals surface area contributed by atoms with Crippen LogP contribution in [0.5, 0.6) is 5.75 Å². The summed E-state index contributed by atoms with van der Waals surface area (Å²) in [5.74, 6) is -0.230. The highest BCUT2D eigenvalue weighted by Gasteiger charge is 2.28. The van der Waals surface area contributed by atoms with Crippen molar-refractivity contribution < 1.29 is 22.7 Å². The number of halogens is 4. The molecule has 0 aliphatic heterocycles.